The van der Waals surface area contributed by atoms with Crippen LogP contribution in [0.3, 0.4) is 0 Å². The molecule has 0 aromatic rings. The summed E-state index contributed by atoms with van der Waals surface area (Å²) >= 11 is 0. The number of hydrogen-bond donors (Lipinski definition) is 2. The zero-order chi connectivity index (χ0) is 10.7. The van der Waals surface area contributed by atoms with Crippen LogP contribution >= 0.6 is 0 Å². The normalized spacial score (nSPS) is 21.6. The maximum atomic E-state index is 11.7. The van der Waals surface area contributed by atoms with Gasteiger partial charge in [-0.3, -0.25) is 4.79 Å². The number of ether oxygens (including phenoxy) is 1. The number of methoxy groups -OCH3 is 1. The van der Waals surface area contributed by atoms with E-state index in [0.29, 0.717) is 6.54 Å². The van der Waals surface area contributed by atoms with Gasteiger partial charge in [0.2, 0.25) is 0 Å². The van der Waals surface area contributed by atoms with E-state index >= 15 is 0 Å². The lowest BCUT2D eigenvalue weighted by Crippen LogP contribution is -2.46. The quantitative estimate of drug-likeness (QED) is 0.622. The molecule has 1 aliphatic rings. The van der Waals surface area contributed by atoms with E-state index in [4.69, 9.17) is 0 Å². The molecule has 80 valence electrons. The van der Waals surface area contributed by atoms with Crippen LogP contribution in [0.5, 0.6) is 0 Å². The molecule has 1 rings (SSSR count). The highest BCUT2D eigenvalue weighted by atomic mass is 16.5. The lowest BCUT2D eigenvalue weighted by atomic mass is 9.98. The molecule has 0 radical (unpaired) electrons. The topological polar surface area (TPSA) is 77.3 Å². The Morgan fingerprint density at radius 2 is 2.07 bits per heavy atom. The molecule has 14 heavy (non-hydrogen) atoms. The van der Waals surface area contributed by atoms with Crippen LogP contribution in [-0.2, 0) is 9.53 Å². The Hall–Kier alpha value is -1.10. The number of Topliss-reactive ketones (excluding diaryl/α,β-unsaturated/α-hetero) is 1. The molecule has 2 unspecified atom stereocenters. The SMILES string of the molecule is COC(=O)NC(C(=O)C1CN1)C(C)C. The summed E-state index contributed by atoms with van der Waals surface area (Å²) < 4.78 is 4.46. The van der Waals surface area contributed by atoms with Crippen molar-refractivity contribution < 1.29 is 14.3 Å². The summed E-state index contributed by atoms with van der Waals surface area (Å²) in [5.41, 5.74) is 0. The minimum Gasteiger partial charge on any atom is -0.453 e. The van der Waals surface area contributed by atoms with E-state index in [1.165, 1.54) is 7.11 Å². The molecule has 0 bridgehead atoms. The second kappa shape index (κ2) is 4.41. The van der Waals surface area contributed by atoms with Crippen molar-refractivity contribution in [3.05, 3.63) is 0 Å². The number of nitrogens with one attached hydrogen (secondary N) is 2. The molecule has 2 atom stereocenters. The van der Waals surface area contributed by atoms with Gasteiger partial charge in [-0.1, -0.05) is 13.8 Å². The number of carbonyl (C=O) groups excluding carboxylic acids is 2. The minimum atomic E-state index is -0.558. The number of rotatable bonds is 4. The Balaban J connectivity index is 2.53. The van der Waals surface area contributed by atoms with E-state index < -0.39 is 12.1 Å². The number of ketones is 1. The Bertz CT molecular complexity index is 236. The zero-order valence-electron chi connectivity index (χ0n) is 8.66. The van der Waals surface area contributed by atoms with Crippen molar-refractivity contribution >= 4 is 11.9 Å². The Labute approximate surface area is 83.2 Å². The minimum absolute atomic E-state index is 0.0328. The average Bonchev–Trinajstić information content (AvgIpc) is 2.95. The molecule has 1 saturated heterocycles. The van der Waals surface area contributed by atoms with Crippen LogP contribution in [0.15, 0.2) is 0 Å². The molecular formula is C9H16N2O3. The maximum Gasteiger partial charge on any atom is 0.407 e. The van der Waals surface area contributed by atoms with Gasteiger partial charge in [0.15, 0.2) is 5.78 Å². The molecule has 1 heterocycles. The van der Waals surface area contributed by atoms with Gasteiger partial charge in [0.05, 0.1) is 19.2 Å². The number of carbonyl (C=O) groups is 2. The van der Waals surface area contributed by atoms with Gasteiger partial charge >= 0.3 is 6.09 Å². The van der Waals surface area contributed by atoms with Gasteiger partial charge in [0.1, 0.15) is 0 Å². The summed E-state index contributed by atoms with van der Waals surface area (Å²) in [6.45, 7) is 4.49. The van der Waals surface area contributed by atoms with Crippen molar-refractivity contribution in [2.24, 2.45) is 5.92 Å². The highest BCUT2D eigenvalue weighted by Crippen LogP contribution is 2.10. The molecule has 5 heteroatoms. The smallest absolute Gasteiger partial charge is 0.407 e. The molecule has 0 aliphatic carbocycles. The van der Waals surface area contributed by atoms with Crippen molar-refractivity contribution in [2.45, 2.75) is 25.9 Å². The van der Waals surface area contributed by atoms with Crippen molar-refractivity contribution in [1.29, 1.82) is 0 Å². The zero-order valence-corrected chi connectivity index (χ0v) is 8.66. The number of amides is 1. The lowest BCUT2D eigenvalue weighted by molar-refractivity contribution is -0.121. The average molecular weight is 200 g/mol. The summed E-state index contributed by atoms with van der Waals surface area (Å²) in [4.78, 5) is 22.6. The van der Waals surface area contributed by atoms with Crippen molar-refractivity contribution in [3.63, 3.8) is 0 Å². The van der Waals surface area contributed by atoms with Crippen LogP contribution in [0, 0.1) is 5.92 Å². The standard InChI is InChI=1S/C9H16N2O3/c1-5(2)7(11-9(13)14-3)8(12)6-4-10-6/h5-7,10H,4H2,1-3H3,(H,11,13). The first-order valence-electron chi connectivity index (χ1n) is 4.68. The molecule has 1 aliphatic heterocycles. The van der Waals surface area contributed by atoms with E-state index in [2.05, 4.69) is 15.4 Å². The molecule has 0 aromatic carbocycles. The first kappa shape index (κ1) is 11.0. The number of hydrogen-bond acceptors (Lipinski definition) is 4. The van der Waals surface area contributed by atoms with Crippen LogP contribution in [-0.4, -0.2) is 37.6 Å². The maximum absolute atomic E-state index is 11.7. The van der Waals surface area contributed by atoms with Crippen LogP contribution in [0.2, 0.25) is 0 Å². The van der Waals surface area contributed by atoms with Crippen LogP contribution in [0.4, 0.5) is 4.79 Å². The van der Waals surface area contributed by atoms with Gasteiger partial charge in [-0.2, -0.15) is 0 Å². The fourth-order valence-corrected chi connectivity index (χ4v) is 1.23. The molecule has 0 saturated carbocycles. The Kier molecular flexibility index (Phi) is 3.46. The van der Waals surface area contributed by atoms with E-state index in [0.717, 1.165) is 0 Å². The summed E-state index contributed by atoms with van der Waals surface area (Å²) in [7, 11) is 1.28. The van der Waals surface area contributed by atoms with Gasteiger partial charge in [-0.15, -0.1) is 0 Å². The van der Waals surface area contributed by atoms with E-state index in [9.17, 15) is 9.59 Å². The Morgan fingerprint density at radius 1 is 1.50 bits per heavy atom. The molecule has 5 nitrogen and oxygen atoms in total. The van der Waals surface area contributed by atoms with Gasteiger partial charge < -0.3 is 15.4 Å². The third-order valence-electron chi connectivity index (χ3n) is 2.18. The van der Waals surface area contributed by atoms with Crippen LogP contribution in [0.1, 0.15) is 13.8 Å². The molecule has 2 N–H and O–H groups in total. The highest BCUT2D eigenvalue weighted by molar-refractivity contribution is 5.93. The summed E-state index contributed by atoms with van der Waals surface area (Å²) in [6.07, 6.45) is -0.558. The summed E-state index contributed by atoms with van der Waals surface area (Å²) in [5.74, 6) is 0.106. The first-order chi connectivity index (χ1) is 6.56. The monoisotopic (exact) mass is 200 g/mol. The van der Waals surface area contributed by atoms with Crippen molar-refractivity contribution in [3.8, 4) is 0 Å². The van der Waals surface area contributed by atoms with E-state index in [-0.39, 0.29) is 17.7 Å². The third kappa shape index (κ3) is 2.70. The second-order valence-corrected chi connectivity index (χ2v) is 3.72. The molecule has 1 amide bonds. The number of alkyl carbamates (subject to hydrolysis) is 1. The van der Waals surface area contributed by atoms with Crippen LogP contribution in [0.25, 0.3) is 0 Å². The predicted octanol–water partition coefficient (Wildman–Crippen LogP) is -0.0921. The summed E-state index contributed by atoms with van der Waals surface area (Å²) in [5, 5.41) is 5.46. The molecule has 0 spiro atoms. The second-order valence-electron chi connectivity index (χ2n) is 3.72. The van der Waals surface area contributed by atoms with Gasteiger partial charge in [0.25, 0.3) is 0 Å². The highest BCUT2D eigenvalue weighted by Gasteiger charge is 2.36. The van der Waals surface area contributed by atoms with Crippen LogP contribution < -0.4 is 10.6 Å². The van der Waals surface area contributed by atoms with Gasteiger partial charge in [0, 0.05) is 6.54 Å². The van der Waals surface area contributed by atoms with Crippen molar-refractivity contribution in [1.82, 2.24) is 10.6 Å². The first-order valence-corrected chi connectivity index (χ1v) is 4.68. The van der Waals surface area contributed by atoms with Gasteiger partial charge in [-0.05, 0) is 5.92 Å². The summed E-state index contributed by atoms with van der Waals surface area (Å²) in [6, 6.07) is -0.540. The van der Waals surface area contributed by atoms with Crippen molar-refractivity contribution in [2.75, 3.05) is 13.7 Å². The van der Waals surface area contributed by atoms with E-state index in [1.54, 1.807) is 0 Å². The predicted molar refractivity (Wildman–Crippen MR) is 51.0 cm³/mol. The van der Waals surface area contributed by atoms with Gasteiger partial charge in [-0.25, -0.2) is 4.79 Å². The molecule has 1 fully saturated rings. The molecular weight excluding hydrogens is 184 g/mol. The largest absolute Gasteiger partial charge is 0.453 e. The lowest BCUT2D eigenvalue weighted by Gasteiger charge is -2.19. The molecule has 0 aromatic heterocycles. The Morgan fingerprint density at radius 3 is 2.43 bits per heavy atom. The third-order valence-corrected chi connectivity index (χ3v) is 2.18. The fourth-order valence-electron chi connectivity index (χ4n) is 1.23. The van der Waals surface area contributed by atoms with E-state index in [1.807, 2.05) is 13.8 Å². The fraction of sp³-hybridized carbons (Fsp3) is 0.778.